The number of hydrogen-bond acceptors (Lipinski definition) is 5. The van der Waals surface area contributed by atoms with Crippen LogP contribution in [-0.4, -0.2) is 21.0 Å². The van der Waals surface area contributed by atoms with Gasteiger partial charge < -0.3 is 4.74 Å². The Hall–Kier alpha value is -0.990. The Balaban J connectivity index is 3.27. The van der Waals surface area contributed by atoms with Crippen molar-refractivity contribution in [3.8, 4) is 0 Å². The largest absolute Gasteiger partial charge is 0.462 e. The molecule has 0 radical (unpaired) electrons. The molecule has 0 aliphatic heterocycles. The summed E-state index contributed by atoms with van der Waals surface area (Å²) in [6, 6.07) is 0. The molecule has 8 heteroatoms. The molecule has 0 aromatic carbocycles. The minimum atomic E-state index is -4.25. The minimum absolute atomic E-state index is 0.0718. The number of nitrogens with two attached hydrogens (primary N) is 1. The molecule has 2 N–H and O–H groups in total. The molecule has 0 saturated heterocycles. The number of rotatable bonds is 3. The Morgan fingerprint density at radius 2 is 2.27 bits per heavy atom. The third-order valence-electron chi connectivity index (χ3n) is 1.45. The van der Waals surface area contributed by atoms with Crippen molar-refractivity contribution in [3.05, 3.63) is 16.1 Å². The summed E-state index contributed by atoms with van der Waals surface area (Å²) in [5.41, 5.74) is 0. The fraction of sp³-hybridized carbons (Fsp3) is 0.286. The van der Waals surface area contributed by atoms with Crippen LogP contribution in [0.15, 0.2) is 10.3 Å². The summed E-state index contributed by atoms with van der Waals surface area (Å²) >= 11 is 0.642. The molecule has 0 aliphatic rings. The van der Waals surface area contributed by atoms with Crippen LogP contribution in [0.1, 0.15) is 16.6 Å². The van der Waals surface area contributed by atoms with Crippen molar-refractivity contribution in [2.75, 3.05) is 6.61 Å². The molecule has 1 aromatic rings. The van der Waals surface area contributed by atoms with E-state index in [1.54, 1.807) is 6.92 Å². The van der Waals surface area contributed by atoms with Crippen LogP contribution in [0.25, 0.3) is 0 Å². The molecular formula is C7H8FNO4S2. The van der Waals surface area contributed by atoms with Gasteiger partial charge in [0.15, 0.2) is 5.82 Å². The van der Waals surface area contributed by atoms with Gasteiger partial charge in [0.1, 0.15) is 9.77 Å². The standard InChI is InChI=1S/C7H8FNO4S2/c1-2-13-7(10)5-6(15(9,11)12)4(8)3-14-5/h3H,2H2,1H3,(H2,9,11,12). The Morgan fingerprint density at radius 1 is 1.67 bits per heavy atom. The summed E-state index contributed by atoms with van der Waals surface area (Å²) in [5.74, 6) is -1.93. The summed E-state index contributed by atoms with van der Waals surface area (Å²) < 4.78 is 39.6. The first-order chi connectivity index (χ1) is 6.88. The maximum atomic E-state index is 13.1. The van der Waals surface area contributed by atoms with Crippen molar-refractivity contribution in [3.63, 3.8) is 0 Å². The number of thiophene rings is 1. The number of primary sulfonamides is 1. The number of esters is 1. The molecular weight excluding hydrogens is 245 g/mol. The van der Waals surface area contributed by atoms with Gasteiger partial charge in [0.2, 0.25) is 10.0 Å². The zero-order chi connectivity index (χ0) is 11.6. The molecule has 0 fully saturated rings. The minimum Gasteiger partial charge on any atom is -0.462 e. The lowest BCUT2D eigenvalue weighted by Gasteiger charge is -2.01. The van der Waals surface area contributed by atoms with Crippen LogP contribution in [0.3, 0.4) is 0 Å². The van der Waals surface area contributed by atoms with Crippen molar-refractivity contribution >= 4 is 27.3 Å². The highest BCUT2D eigenvalue weighted by Crippen LogP contribution is 2.25. The molecule has 1 rings (SSSR count). The second-order valence-electron chi connectivity index (χ2n) is 2.51. The molecule has 1 aromatic heterocycles. The summed E-state index contributed by atoms with van der Waals surface area (Å²) in [6.07, 6.45) is 0. The van der Waals surface area contributed by atoms with Crippen LogP contribution in [0.5, 0.6) is 0 Å². The predicted molar refractivity (Wildman–Crippen MR) is 51.6 cm³/mol. The van der Waals surface area contributed by atoms with Gasteiger partial charge in [0.25, 0.3) is 0 Å². The fourth-order valence-electron chi connectivity index (χ4n) is 0.929. The highest BCUT2D eigenvalue weighted by Gasteiger charge is 2.27. The van der Waals surface area contributed by atoms with Crippen LogP contribution < -0.4 is 5.14 Å². The molecule has 0 saturated carbocycles. The van der Waals surface area contributed by atoms with Gasteiger partial charge in [-0.15, -0.1) is 11.3 Å². The first-order valence-corrected chi connectivity index (χ1v) is 6.27. The lowest BCUT2D eigenvalue weighted by atomic mass is 10.4. The van der Waals surface area contributed by atoms with Gasteiger partial charge in [0.05, 0.1) is 6.61 Å². The van der Waals surface area contributed by atoms with Gasteiger partial charge in [-0.2, -0.15) is 0 Å². The smallest absolute Gasteiger partial charge is 0.349 e. The zero-order valence-electron chi connectivity index (χ0n) is 7.69. The van der Waals surface area contributed by atoms with E-state index in [2.05, 4.69) is 4.74 Å². The Morgan fingerprint density at radius 3 is 2.73 bits per heavy atom. The zero-order valence-corrected chi connectivity index (χ0v) is 9.32. The molecule has 0 amide bonds. The number of sulfonamides is 1. The van der Waals surface area contributed by atoms with E-state index in [0.29, 0.717) is 11.3 Å². The van der Waals surface area contributed by atoms with Crippen LogP contribution in [-0.2, 0) is 14.8 Å². The highest BCUT2D eigenvalue weighted by atomic mass is 32.2. The van der Waals surface area contributed by atoms with Gasteiger partial charge >= 0.3 is 5.97 Å². The number of halogens is 1. The topological polar surface area (TPSA) is 86.5 Å². The van der Waals surface area contributed by atoms with Crippen molar-refractivity contribution in [2.24, 2.45) is 5.14 Å². The van der Waals surface area contributed by atoms with Gasteiger partial charge in [-0.1, -0.05) is 0 Å². The fourth-order valence-corrected chi connectivity index (χ4v) is 2.87. The van der Waals surface area contributed by atoms with Crippen molar-refractivity contribution < 1.29 is 22.3 Å². The molecule has 15 heavy (non-hydrogen) atoms. The van der Waals surface area contributed by atoms with E-state index in [0.717, 1.165) is 5.38 Å². The summed E-state index contributed by atoms with van der Waals surface area (Å²) in [5, 5.41) is 5.66. The number of carbonyl (C=O) groups is 1. The lowest BCUT2D eigenvalue weighted by molar-refractivity contribution is 0.0527. The normalized spacial score (nSPS) is 11.4. The van der Waals surface area contributed by atoms with E-state index in [9.17, 15) is 17.6 Å². The van der Waals surface area contributed by atoms with Gasteiger partial charge in [-0.05, 0) is 6.92 Å². The second kappa shape index (κ2) is 4.25. The molecule has 0 unspecified atom stereocenters. The Labute approximate surface area is 89.7 Å². The van der Waals surface area contributed by atoms with Crippen LogP contribution in [0.4, 0.5) is 4.39 Å². The molecule has 0 spiro atoms. The monoisotopic (exact) mass is 253 g/mol. The van der Waals surface area contributed by atoms with E-state index in [1.165, 1.54) is 0 Å². The summed E-state index contributed by atoms with van der Waals surface area (Å²) in [7, 11) is -4.25. The van der Waals surface area contributed by atoms with Crippen LogP contribution in [0.2, 0.25) is 0 Å². The van der Waals surface area contributed by atoms with Crippen LogP contribution in [0, 0.1) is 5.82 Å². The second-order valence-corrected chi connectivity index (χ2v) is 4.89. The molecule has 1 heterocycles. The first-order valence-electron chi connectivity index (χ1n) is 3.84. The van der Waals surface area contributed by atoms with Gasteiger partial charge in [0, 0.05) is 5.38 Å². The molecule has 0 aliphatic carbocycles. The third kappa shape index (κ3) is 2.52. The van der Waals surface area contributed by atoms with E-state index in [-0.39, 0.29) is 11.5 Å². The SMILES string of the molecule is CCOC(=O)c1scc(F)c1S(N)(=O)=O. The molecule has 0 bridgehead atoms. The molecule has 84 valence electrons. The quantitative estimate of drug-likeness (QED) is 0.804. The number of ether oxygens (including phenoxy) is 1. The predicted octanol–water partition coefficient (Wildman–Crippen LogP) is 0.711. The lowest BCUT2D eigenvalue weighted by Crippen LogP contribution is -2.17. The molecule has 5 nitrogen and oxygen atoms in total. The first kappa shape index (κ1) is 12.1. The average Bonchev–Trinajstić information content (AvgIpc) is 2.46. The van der Waals surface area contributed by atoms with Gasteiger partial charge in [-0.25, -0.2) is 22.7 Å². The van der Waals surface area contributed by atoms with E-state index in [1.807, 2.05) is 0 Å². The highest BCUT2D eigenvalue weighted by molar-refractivity contribution is 7.89. The van der Waals surface area contributed by atoms with E-state index >= 15 is 0 Å². The Kier molecular flexibility index (Phi) is 3.42. The summed E-state index contributed by atoms with van der Waals surface area (Å²) in [6.45, 7) is 1.63. The summed E-state index contributed by atoms with van der Waals surface area (Å²) in [4.78, 5) is 10.1. The Bertz CT molecular complexity index is 479. The number of hydrogen-bond donors (Lipinski definition) is 1. The van der Waals surface area contributed by atoms with Crippen molar-refractivity contribution in [1.29, 1.82) is 0 Å². The van der Waals surface area contributed by atoms with Crippen molar-refractivity contribution in [1.82, 2.24) is 0 Å². The van der Waals surface area contributed by atoms with E-state index < -0.39 is 26.7 Å². The maximum absolute atomic E-state index is 13.1. The van der Waals surface area contributed by atoms with Crippen LogP contribution >= 0.6 is 11.3 Å². The molecule has 0 atom stereocenters. The van der Waals surface area contributed by atoms with Crippen molar-refractivity contribution in [2.45, 2.75) is 11.8 Å². The number of carbonyl (C=O) groups excluding carboxylic acids is 1. The third-order valence-corrected chi connectivity index (χ3v) is 3.48. The van der Waals surface area contributed by atoms with Gasteiger partial charge in [-0.3, -0.25) is 0 Å². The maximum Gasteiger partial charge on any atom is 0.349 e. The average molecular weight is 253 g/mol. The van der Waals surface area contributed by atoms with E-state index in [4.69, 9.17) is 5.14 Å².